The van der Waals surface area contributed by atoms with Crippen LogP contribution in [0.1, 0.15) is 46.0 Å². The van der Waals surface area contributed by atoms with Crippen LogP contribution < -0.4 is 11.1 Å². The fraction of sp³-hybridized carbons (Fsp3) is 0.929. The highest BCUT2D eigenvalue weighted by Crippen LogP contribution is 2.57. The van der Waals surface area contributed by atoms with E-state index >= 15 is 0 Å². The Bertz CT molecular complexity index is 268. The van der Waals surface area contributed by atoms with Gasteiger partial charge in [0, 0.05) is 12.5 Å². The fourth-order valence-electron chi connectivity index (χ4n) is 3.46. The lowest BCUT2D eigenvalue weighted by molar-refractivity contribution is -0.123. The zero-order valence-corrected chi connectivity index (χ0v) is 11.2. The zero-order valence-electron chi connectivity index (χ0n) is 11.2. The summed E-state index contributed by atoms with van der Waals surface area (Å²) in [4.78, 5) is 12.1. The van der Waals surface area contributed by atoms with E-state index < -0.39 is 0 Å². The van der Waals surface area contributed by atoms with Gasteiger partial charge in [-0.05, 0) is 49.5 Å². The van der Waals surface area contributed by atoms with Crippen LogP contribution in [0.2, 0.25) is 0 Å². The Labute approximate surface area is 105 Å². The number of carbonyl (C=O) groups excluding carboxylic acids is 1. The molecule has 0 aromatic heterocycles. The lowest BCUT2D eigenvalue weighted by atomic mass is 9.82. The standard InChI is InChI=1S/C14H26N2O/c1-3-14(4-2,8-15)9-16-13(17)12-10-6-5-7-11(10)12/h10-12H,3-9,15H2,1-2H3,(H,16,17). The number of hydrogen-bond donors (Lipinski definition) is 2. The van der Waals surface area contributed by atoms with Crippen molar-refractivity contribution in [3.63, 3.8) is 0 Å². The molecule has 0 heterocycles. The normalized spacial score (nSPS) is 31.1. The van der Waals surface area contributed by atoms with Gasteiger partial charge in [0.15, 0.2) is 0 Å². The molecule has 2 aliphatic carbocycles. The number of nitrogens with one attached hydrogen (secondary N) is 1. The highest BCUT2D eigenvalue weighted by molar-refractivity contribution is 5.82. The second kappa shape index (κ2) is 4.97. The summed E-state index contributed by atoms with van der Waals surface area (Å²) in [5.41, 5.74) is 5.96. The molecular weight excluding hydrogens is 212 g/mol. The Morgan fingerprint density at radius 2 is 1.88 bits per heavy atom. The summed E-state index contributed by atoms with van der Waals surface area (Å²) in [7, 11) is 0. The van der Waals surface area contributed by atoms with Crippen molar-refractivity contribution in [2.45, 2.75) is 46.0 Å². The van der Waals surface area contributed by atoms with Gasteiger partial charge in [-0.25, -0.2) is 0 Å². The Morgan fingerprint density at radius 3 is 2.35 bits per heavy atom. The van der Waals surface area contributed by atoms with Gasteiger partial charge >= 0.3 is 0 Å². The number of nitrogens with two attached hydrogens (primary N) is 1. The fourth-order valence-corrected chi connectivity index (χ4v) is 3.46. The maximum Gasteiger partial charge on any atom is 0.223 e. The number of hydrogen-bond acceptors (Lipinski definition) is 2. The molecule has 2 saturated carbocycles. The molecule has 17 heavy (non-hydrogen) atoms. The van der Waals surface area contributed by atoms with E-state index in [1.807, 2.05) is 0 Å². The molecule has 0 spiro atoms. The maximum atomic E-state index is 12.1. The van der Waals surface area contributed by atoms with Gasteiger partial charge in [-0.15, -0.1) is 0 Å². The molecule has 3 N–H and O–H groups in total. The van der Waals surface area contributed by atoms with E-state index in [2.05, 4.69) is 19.2 Å². The lowest BCUT2D eigenvalue weighted by Gasteiger charge is -2.30. The molecule has 0 saturated heterocycles. The summed E-state index contributed by atoms with van der Waals surface area (Å²) in [6.07, 6.45) is 5.95. The first-order valence-corrected chi connectivity index (χ1v) is 7.15. The minimum Gasteiger partial charge on any atom is -0.355 e. The van der Waals surface area contributed by atoms with Crippen molar-refractivity contribution < 1.29 is 4.79 Å². The summed E-state index contributed by atoms with van der Waals surface area (Å²) < 4.78 is 0. The van der Waals surface area contributed by atoms with Gasteiger partial charge in [-0.1, -0.05) is 20.3 Å². The highest BCUT2D eigenvalue weighted by Gasteiger charge is 2.56. The predicted molar refractivity (Wildman–Crippen MR) is 69.4 cm³/mol. The van der Waals surface area contributed by atoms with Crippen LogP contribution in [0.3, 0.4) is 0 Å². The molecular formula is C14H26N2O. The molecule has 3 nitrogen and oxygen atoms in total. The van der Waals surface area contributed by atoms with E-state index in [0.717, 1.165) is 19.4 Å². The third kappa shape index (κ3) is 2.35. The Hall–Kier alpha value is -0.570. The van der Waals surface area contributed by atoms with Gasteiger partial charge in [-0.2, -0.15) is 0 Å². The summed E-state index contributed by atoms with van der Waals surface area (Å²) in [6, 6.07) is 0. The zero-order chi connectivity index (χ0) is 12.5. The number of rotatable bonds is 6. The molecule has 0 bridgehead atoms. The first-order valence-electron chi connectivity index (χ1n) is 7.15. The van der Waals surface area contributed by atoms with Crippen molar-refractivity contribution in [3.8, 4) is 0 Å². The van der Waals surface area contributed by atoms with E-state index in [1.54, 1.807) is 0 Å². The number of carbonyl (C=O) groups is 1. The van der Waals surface area contributed by atoms with E-state index in [9.17, 15) is 4.79 Å². The largest absolute Gasteiger partial charge is 0.355 e. The van der Waals surface area contributed by atoms with Crippen LogP contribution in [0, 0.1) is 23.2 Å². The van der Waals surface area contributed by atoms with Crippen molar-refractivity contribution in [3.05, 3.63) is 0 Å². The topological polar surface area (TPSA) is 55.1 Å². The van der Waals surface area contributed by atoms with Gasteiger partial charge in [0.05, 0.1) is 0 Å². The van der Waals surface area contributed by atoms with Gasteiger partial charge in [-0.3, -0.25) is 4.79 Å². The second-order valence-corrected chi connectivity index (χ2v) is 5.91. The van der Waals surface area contributed by atoms with E-state index in [-0.39, 0.29) is 5.41 Å². The molecule has 3 heteroatoms. The Balaban J connectivity index is 1.80. The van der Waals surface area contributed by atoms with Crippen molar-refractivity contribution in [1.82, 2.24) is 5.32 Å². The van der Waals surface area contributed by atoms with Crippen LogP contribution in [-0.2, 0) is 4.79 Å². The van der Waals surface area contributed by atoms with E-state index in [4.69, 9.17) is 5.73 Å². The van der Waals surface area contributed by atoms with Gasteiger partial charge in [0.1, 0.15) is 0 Å². The summed E-state index contributed by atoms with van der Waals surface area (Å²) in [5.74, 6) is 2.06. The molecule has 2 fully saturated rings. The summed E-state index contributed by atoms with van der Waals surface area (Å²) in [5, 5.41) is 3.15. The smallest absolute Gasteiger partial charge is 0.223 e. The molecule has 0 radical (unpaired) electrons. The molecule has 0 aromatic carbocycles. The third-order valence-corrected chi connectivity index (χ3v) is 5.28. The summed E-state index contributed by atoms with van der Waals surface area (Å²) >= 11 is 0. The van der Waals surface area contributed by atoms with Gasteiger partial charge in [0.2, 0.25) is 5.91 Å². The van der Waals surface area contributed by atoms with Gasteiger partial charge < -0.3 is 11.1 Å². The SMILES string of the molecule is CCC(CC)(CN)CNC(=O)C1C2CCCC21. The first-order chi connectivity index (χ1) is 8.17. The van der Waals surface area contributed by atoms with E-state index in [0.29, 0.717) is 30.2 Å². The lowest BCUT2D eigenvalue weighted by Crippen LogP contribution is -2.42. The van der Waals surface area contributed by atoms with Crippen LogP contribution in [0.25, 0.3) is 0 Å². The minimum absolute atomic E-state index is 0.111. The second-order valence-electron chi connectivity index (χ2n) is 5.91. The van der Waals surface area contributed by atoms with Crippen molar-refractivity contribution >= 4 is 5.91 Å². The minimum atomic E-state index is 0.111. The molecule has 2 rings (SSSR count). The molecule has 1 amide bonds. The third-order valence-electron chi connectivity index (χ3n) is 5.28. The van der Waals surface area contributed by atoms with E-state index in [1.165, 1.54) is 19.3 Å². The average Bonchev–Trinajstić information content (AvgIpc) is 2.85. The Morgan fingerprint density at radius 1 is 1.29 bits per heavy atom. The maximum absolute atomic E-state index is 12.1. The monoisotopic (exact) mass is 238 g/mol. The highest BCUT2D eigenvalue weighted by atomic mass is 16.2. The molecule has 2 aliphatic rings. The summed E-state index contributed by atoms with van der Waals surface area (Å²) in [6.45, 7) is 5.74. The predicted octanol–water partition coefficient (Wildman–Crippen LogP) is 1.91. The molecule has 0 aromatic rings. The van der Waals surface area contributed by atoms with Crippen molar-refractivity contribution in [2.75, 3.05) is 13.1 Å². The molecule has 0 aliphatic heterocycles. The molecule has 2 unspecified atom stereocenters. The number of fused-ring (bicyclic) bond motifs is 1. The van der Waals surface area contributed by atoms with Crippen LogP contribution in [-0.4, -0.2) is 19.0 Å². The van der Waals surface area contributed by atoms with Gasteiger partial charge in [0.25, 0.3) is 0 Å². The molecule has 98 valence electrons. The van der Waals surface area contributed by atoms with Crippen LogP contribution in [0.5, 0.6) is 0 Å². The molecule has 2 atom stereocenters. The van der Waals surface area contributed by atoms with Crippen LogP contribution in [0.15, 0.2) is 0 Å². The van der Waals surface area contributed by atoms with Crippen LogP contribution in [0.4, 0.5) is 0 Å². The average molecular weight is 238 g/mol. The first kappa shape index (κ1) is 12.9. The number of amides is 1. The van der Waals surface area contributed by atoms with Crippen molar-refractivity contribution in [1.29, 1.82) is 0 Å². The van der Waals surface area contributed by atoms with Crippen LogP contribution >= 0.6 is 0 Å². The van der Waals surface area contributed by atoms with Crippen molar-refractivity contribution in [2.24, 2.45) is 28.9 Å². The Kier molecular flexibility index (Phi) is 3.76. The quantitative estimate of drug-likeness (QED) is 0.742.